The fourth-order valence-electron chi connectivity index (χ4n) is 5.04. The zero-order valence-electron chi connectivity index (χ0n) is 20.5. The van der Waals surface area contributed by atoms with Crippen LogP contribution >= 0.6 is 0 Å². The maximum absolute atomic E-state index is 12.8. The predicted octanol–water partition coefficient (Wildman–Crippen LogP) is 4.70. The number of alkyl carbamates (subject to hydrolysis) is 1. The lowest BCUT2D eigenvalue weighted by molar-refractivity contribution is -0.145. The Bertz CT molecular complexity index is 1060. The van der Waals surface area contributed by atoms with Gasteiger partial charge in [0.05, 0.1) is 0 Å². The lowest BCUT2D eigenvalue weighted by Gasteiger charge is -2.34. The van der Waals surface area contributed by atoms with Crippen molar-refractivity contribution in [3.05, 3.63) is 59.7 Å². The van der Waals surface area contributed by atoms with Gasteiger partial charge in [0.15, 0.2) is 0 Å². The molecule has 4 rings (SSSR count). The van der Waals surface area contributed by atoms with Gasteiger partial charge in [-0.2, -0.15) is 0 Å². The predicted molar refractivity (Wildman–Crippen MR) is 133 cm³/mol. The number of carboxylic acid groups (broad SMARTS) is 1. The summed E-state index contributed by atoms with van der Waals surface area (Å²) in [6.07, 6.45) is 2.36. The van der Waals surface area contributed by atoms with E-state index in [1.165, 1.54) is 0 Å². The van der Waals surface area contributed by atoms with Crippen molar-refractivity contribution in [3.8, 4) is 11.1 Å². The van der Waals surface area contributed by atoms with Crippen LogP contribution < -0.4 is 10.6 Å². The molecule has 2 aromatic carbocycles. The van der Waals surface area contributed by atoms with Crippen molar-refractivity contribution < 1.29 is 24.2 Å². The van der Waals surface area contributed by atoms with Gasteiger partial charge in [0.1, 0.15) is 12.6 Å². The van der Waals surface area contributed by atoms with E-state index in [4.69, 9.17) is 4.74 Å². The zero-order chi connectivity index (χ0) is 25.2. The third-order valence-corrected chi connectivity index (χ3v) is 7.19. The molecule has 2 aliphatic carbocycles. The summed E-state index contributed by atoms with van der Waals surface area (Å²) in [7, 11) is 0. The summed E-state index contributed by atoms with van der Waals surface area (Å²) >= 11 is 0. The minimum absolute atomic E-state index is 0.0225. The molecule has 0 aromatic heterocycles. The number of aliphatic carboxylic acids is 1. The Hall–Kier alpha value is -3.35. The summed E-state index contributed by atoms with van der Waals surface area (Å²) in [5.41, 5.74) is 3.96. The van der Waals surface area contributed by atoms with Crippen molar-refractivity contribution in [2.24, 2.45) is 11.3 Å². The topological polar surface area (TPSA) is 105 Å². The van der Waals surface area contributed by atoms with Crippen LogP contribution in [0.2, 0.25) is 0 Å². The molecule has 0 saturated heterocycles. The van der Waals surface area contributed by atoms with E-state index in [0.29, 0.717) is 0 Å². The number of fused-ring (bicyclic) bond motifs is 3. The molecule has 0 aliphatic heterocycles. The molecule has 1 saturated carbocycles. The molecule has 0 heterocycles. The maximum atomic E-state index is 12.8. The number of hydrogen-bond donors (Lipinski definition) is 3. The first-order valence-electron chi connectivity index (χ1n) is 12.3. The van der Waals surface area contributed by atoms with Crippen molar-refractivity contribution in [2.75, 3.05) is 6.61 Å². The molecule has 0 spiro atoms. The first kappa shape index (κ1) is 24.8. The van der Waals surface area contributed by atoms with Crippen LogP contribution in [0.3, 0.4) is 0 Å². The Morgan fingerprint density at radius 1 is 0.971 bits per heavy atom. The van der Waals surface area contributed by atoms with Crippen molar-refractivity contribution in [1.82, 2.24) is 10.6 Å². The van der Waals surface area contributed by atoms with E-state index < -0.39 is 29.6 Å². The fourth-order valence-corrected chi connectivity index (χ4v) is 5.04. The number of nitrogens with one attached hydrogen (secondary N) is 2. The number of carbonyl (C=O) groups excluding carboxylic acids is 2. The van der Waals surface area contributed by atoms with Crippen molar-refractivity contribution in [3.63, 3.8) is 0 Å². The first-order chi connectivity index (χ1) is 16.6. The highest BCUT2D eigenvalue weighted by atomic mass is 16.5. The average molecular weight is 479 g/mol. The smallest absolute Gasteiger partial charge is 0.407 e. The fraction of sp³-hybridized carbons (Fsp3) is 0.464. The molecule has 2 atom stereocenters. The summed E-state index contributed by atoms with van der Waals surface area (Å²) in [5, 5.41) is 15.0. The Kier molecular flexibility index (Phi) is 7.15. The third kappa shape index (κ3) is 5.50. The van der Waals surface area contributed by atoms with Gasteiger partial charge in [-0.1, -0.05) is 75.7 Å². The van der Waals surface area contributed by atoms with Gasteiger partial charge in [0.25, 0.3) is 0 Å². The van der Waals surface area contributed by atoms with Crippen LogP contribution in [0, 0.1) is 11.3 Å². The van der Waals surface area contributed by atoms with Gasteiger partial charge in [-0.25, -0.2) is 9.59 Å². The quantitative estimate of drug-likeness (QED) is 0.510. The molecule has 1 fully saturated rings. The van der Waals surface area contributed by atoms with E-state index in [9.17, 15) is 19.5 Å². The molecule has 0 radical (unpaired) electrons. The molecule has 1 unspecified atom stereocenters. The summed E-state index contributed by atoms with van der Waals surface area (Å²) in [4.78, 5) is 37.1. The lowest BCUT2D eigenvalue weighted by Crippen LogP contribution is -2.52. The highest BCUT2D eigenvalue weighted by Gasteiger charge is 2.36. The van der Waals surface area contributed by atoms with Gasteiger partial charge in [-0.3, -0.25) is 4.79 Å². The van der Waals surface area contributed by atoms with Crippen molar-refractivity contribution in [2.45, 2.75) is 64.5 Å². The number of rotatable bonds is 8. The monoisotopic (exact) mass is 478 g/mol. The number of ether oxygens (including phenoxy) is 1. The molecular weight excluding hydrogens is 444 g/mol. The molecule has 35 heavy (non-hydrogen) atoms. The highest BCUT2D eigenvalue weighted by Crippen LogP contribution is 2.44. The summed E-state index contributed by atoms with van der Waals surface area (Å²) in [5.74, 6) is -1.32. The van der Waals surface area contributed by atoms with Gasteiger partial charge in [0, 0.05) is 18.4 Å². The van der Waals surface area contributed by atoms with Crippen LogP contribution in [0.1, 0.15) is 63.5 Å². The molecule has 186 valence electrons. The minimum atomic E-state index is -1.07. The molecular formula is C28H34N2O5. The summed E-state index contributed by atoms with van der Waals surface area (Å²) in [6, 6.07) is 14.9. The molecule has 2 amide bonds. The molecule has 7 nitrogen and oxygen atoms in total. The Balaban J connectivity index is 1.38. The van der Waals surface area contributed by atoms with Crippen LogP contribution in [0.5, 0.6) is 0 Å². The van der Waals surface area contributed by atoms with Gasteiger partial charge in [-0.15, -0.1) is 0 Å². The van der Waals surface area contributed by atoms with Crippen LogP contribution in [-0.2, 0) is 14.3 Å². The standard InChI is InChI=1S/C28H34N2O5/c1-28(2,3)25(26(32)33)30-24(31)15-23(17-9-8-10-17)29-27(34)35-16-22-20-13-6-4-11-18(20)19-12-5-7-14-21(19)22/h4-7,11-14,17,22-23,25H,8-10,15-16H2,1-3H3,(H,29,34)(H,30,31)(H,32,33)/t23?,25-/m0/s1. The summed E-state index contributed by atoms with van der Waals surface area (Å²) in [6.45, 7) is 5.51. The number of hydrogen-bond acceptors (Lipinski definition) is 4. The molecule has 0 bridgehead atoms. The highest BCUT2D eigenvalue weighted by molar-refractivity contribution is 5.85. The molecule has 2 aliphatic rings. The van der Waals surface area contributed by atoms with Gasteiger partial charge >= 0.3 is 12.1 Å². The number of benzene rings is 2. The largest absolute Gasteiger partial charge is 0.480 e. The SMILES string of the molecule is CC(C)(C)[C@@H](NC(=O)CC(NC(=O)OCC1c2ccccc2-c2ccccc21)C1CCC1)C(=O)O. The second-order valence-corrected chi connectivity index (χ2v) is 10.7. The lowest BCUT2D eigenvalue weighted by atomic mass is 9.78. The number of carboxylic acids is 1. The van der Waals surface area contributed by atoms with Gasteiger partial charge < -0.3 is 20.5 Å². The molecule has 7 heteroatoms. The van der Waals surface area contributed by atoms with E-state index in [1.807, 2.05) is 24.3 Å². The Morgan fingerprint density at radius 2 is 1.54 bits per heavy atom. The van der Waals surface area contributed by atoms with Crippen molar-refractivity contribution in [1.29, 1.82) is 0 Å². The van der Waals surface area contributed by atoms with Crippen LogP contribution in [-0.4, -0.2) is 41.8 Å². The van der Waals surface area contributed by atoms with Gasteiger partial charge in [0.2, 0.25) is 5.91 Å². The van der Waals surface area contributed by atoms with E-state index >= 15 is 0 Å². The maximum Gasteiger partial charge on any atom is 0.407 e. The van der Waals surface area contributed by atoms with E-state index in [0.717, 1.165) is 41.5 Å². The second-order valence-electron chi connectivity index (χ2n) is 10.7. The van der Waals surface area contributed by atoms with Gasteiger partial charge in [-0.05, 0) is 46.4 Å². The second kappa shape index (κ2) is 10.1. The normalized spacial score (nSPS) is 16.9. The average Bonchev–Trinajstić information content (AvgIpc) is 3.07. The molecule has 3 N–H and O–H groups in total. The van der Waals surface area contributed by atoms with E-state index in [2.05, 4.69) is 34.9 Å². The van der Waals surface area contributed by atoms with E-state index in [-0.39, 0.29) is 30.8 Å². The summed E-state index contributed by atoms with van der Waals surface area (Å²) < 4.78 is 5.67. The number of carbonyl (C=O) groups is 3. The Morgan fingerprint density at radius 3 is 2.03 bits per heavy atom. The van der Waals surface area contributed by atoms with Crippen LogP contribution in [0.25, 0.3) is 11.1 Å². The van der Waals surface area contributed by atoms with E-state index in [1.54, 1.807) is 20.8 Å². The third-order valence-electron chi connectivity index (χ3n) is 7.19. The van der Waals surface area contributed by atoms with Crippen molar-refractivity contribution >= 4 is 18.0 Å². The zero-order valence-corrected chi connectivity index (χ0v) is 20.5. The number of amides is 2. The minimum Gasteiger partial charge on any atom is -0.480 e. The Labute approximate surface area is 206 Å². The first-order valence-corrected chi connectivity index (χ1v) is 12.3. The van der Waals surface area contributed by atoms with Crippen LogP contribution in [0.4, 0.5) is 4.79 Å². The van der Waals surface area contributed by atoms with Crippen LogP contribution in [0.15, 0.2) is 48.5 Å². The molecule has 2 aromatic rings.